The van der Waals surface area contributed by atoms with E-state index < -0.39 is 0 Å². The van der Waals surface area contributed by atoms with Crippen LogP contribution in [0.1, 0.15) is 5.56 Å². The van der Waals surface area contributed by atoms with E-state index in [9.17, 15) is 0 Å². The third kappa shape index (κ3) is 3.35. The highest BCUT2D eigenvalue weighted by atomic mass is 16.5. The maximum atomic E-state index is 6.03. The van der Waals surface area contributed by atoms with Crippen molar-refractivity contribution in [2.45, 2.75) is 12.6 Å². The molecule has 5 nitrogen and oxygen atoms in total. The molecule has 0 amide bonds. The summed E-state index contributed by atoms with van der Waals surface area (Å²) in [4.78, 5) is 11.0. The Bertz CT molecular complexity index is 621. The number of likely N-dealkylation sites (tertiary alicyclic amines) is 1. The van der Waals surface area contributed by atoms with Crippen LogP contribution in [-0.4, -0.2) is 47.2 Å². The van der Waals surface area contributed by atoms with E-state index in [1.165, 1.54) is 5.56 Å². The predicted molar refractivity (Wildman–Crippen MR) is 89.0 cm³/mol. The average Bonchev–Trinajstić information content (AvgIpc) is 3.15. The van der Waals surface area contributed by atoms with Crippen LogP contribution in [0.3, 0.4) is 0 Å². The molecule has 0 radical (unpaired) electrons. The average molecular weight is 310 g/mol. The van der Waals surface area contributed by atoms with Gasteiger partial charge in [0.2, 0.25) is 0 Å². The first-order valence-corrected chi connectivity index (χ1v) is 8.26. The Balaban J connectivity index is 1.32. The SMILES string of the molecule is c1ccc(NC[C@@H]2CO[C@@H]3CN(Cc4cccnc4)C[C@H]23)nc1. The van der Waals surface area contributed by atoms with Gasteiger partial charge in [-0.3, -0.25) is 9.88 Å². The fourth-order valence-electron chi connectivity index (χ4n) is 3.67. The first-order chi connectivity index (χ1) is 11.4. The van der Waals surface area contributed by atoms with E-state index >= 15 is 0 Å². The summed E-state index contributed by atoms with van der Waals surface area (Å²) in [6.07, 6.45) is 5.98. The van der Waals surface area contributed by atoms with E-state index in [0.29, 0.717) is 17.9 Å². The van der Waals surface area contributed by atoms with Gasteiger partial charge in [-0.1, -0.05) is 12.1 Å². The van der Waals surface area contributed by atoms with Gasteiger partial charge in [0.05, 0.1) is 12.7 Å². The number of nitrogens with zero attached hydrogens (tertiary/aromatic N) is 3. The molecule has 2 saturated heterocycles. The van der Waals surface area contributed by atoms with Crippen LogP contribution in [0.2, 0.25) is 0 Å². The molecule has 2 aliphatic rings. The third-order valence-electron chi connectivity index (χ3n) is 4.85. The molecule has 5 heteroatoms. The molecule has 0 aromatic carbocycles. The summed E-state index contributed by atoms with van der Waals surface area (Å²) in [6, 6.07) is 10.1. The first kappa shape index (κ1) is 14.6. The van der Waals surface area contributed by atoms with Gasteiger partial charge in [-0.05, 0) is 23.8 Å². The molecule has 4 rings (SSSR count). The number of aromatic nitrogens is 2. The van der Waals surface area contributed by atoms with Crippen LogP contribution < -0.4 is 5.32 Å². The second-order valence-electron chi connectivity index (χ2n) is 6.45. The predicted octanol–water partition coefficient (Wildman–Crippen LogP) is 2.04. The van der Waals surface area contributed by atoms with Crippen molar-refractivity contribution < 1.29 is 4.74 Å². The quantitative estimate of drug-likeness (QED) is 0.916. The maximum absolute atomic E-state index is 6.03. The summed E-state index contributed by atoms with van der Waals surface area (Å²) in [5, 5.41) is 3.44. The van der Waals surface area contributed by atoms with Gasteiger partial charge in [-0.2, -0.15) is 0 Å². The Morgan fingerprint density at radius 3 is 3.00 bits per heavy atom. The molecule has 23 heavy (non-hydrogen) atoms. The highest BCUT2D eigenvalue weighted by Gasteiger charge is 2.43. The van der Waals surface area contributed by atoms with Crippen LogP contribution in [0.5, 0.6) is 0 Å². The van der Waals surface area contributed by atoms with Crippen molar-refractivity contribution in [1.29, 1.82) is 0 Å². The molecule has 2 aromatic rings. The largest absolute Gasteiger partial charge is 0.376 e. The van der Waals surface area contributed by atoms with Gasteiger partial charge in [-0.15, -0.1) is 0 Å². The Labute approximate surface area is 136 Å². The summed E-state index contributed by atoms with van der Waals surface area (Å²) in [5.74, 6) is 2.12. The minimum Gasteiger partial charge on any atom is -0.376 e. The van der Waals surface area contributed by atoms with Gasteiger partial charge in [0.15, 0.2) is 0 Å². The van der Waals surface area contributed by atoms with Crippen molar-refractivity contribution in [1.82, 2.24) is 14.9 Å². The van der Waals surface area contributed by atoms with E-state index in [4.69, 9.17) is 4.74 Å². The molecule has 2 aliphatic heterocycles. The first-order valence-electron chi connectivity index (χ1n) is 8.26. The second kappa shape index (κ2) is 6.64. The fourth-order valence-corrected chi connectivity index (χ4v) is 3.67. The van der Waals surface area contributed by atoms with Gasteiger partial charge in [0, 0.05) is 56.6 Å². The normalized spacial score (nSPS) is 27.0. The summed E-state index contributed by atoms with van der Waals surface area (Å²) >= 11 is 0. The minimum atomic E-state index is 0.377. The summed E-state index contributed by atoms with van der Waals surface area (Å²) in [5.41, 5.74) is 1.27. The van der Waals surface area contributed by atoms with E-state index in [-0.39, 0.29) is 0 Å². The molecular weight excluding hydrogens is 288 g/mol. The number of fused-ring (bicyclic) bond motifs is 1. The van der Waals surface area contributed by atoms with Gasteiger partial charge in [0.1, 0.15) is 5.82 Å². The summed E-state index contributed by atoms with van der Waals surface area (Å²) in [6.45, 7) is 4.88. The zero-order valence-electron chi connectivity index (χ0n) is 13.1. The molecule has 0 unspecified atom stereocenters. The Kier molecular flexibility index (Phi) is 4.22. The molecule has 0 saturated carbocycles. The Morgan fingerprint density at radius 1 is 1.17 bits per heavy atom. The van der Waals surface area contributed by atoms with Crippen LogP contribution in [0, 0.1) is 11.8 Å². The van der Waals surface area contributed by atoms with Crippen molar-refractivity contribution in [3.05, 3.63) is 54.5 Å². The molecule has 2 fully saturated rings. The van der Waals surface area contributed by atoms with E-state index in [1.807, 2.05) is 42.9 Å². The van der Waals surface area contributed by atoms with E-state index in [0.717, 1.165) is 38.6 Å². The summed E-state index contributed by atoms with van der Waals surface area (Å²) < 4.78 is 6.03. The van der Waals surface area contributed by atoms with Gasteiger partial charge < -0.3 is 10.1 Å². The molecule has 2 aromatic heterocycles. The lowest BCUT2D eigenvalue weighted by molar-refractivity contribution is 0.0946. The molecule has 3 atom stereocenters. The molecule has 0 aliphatic carbocycles. The number of rotatable bonds is 5. The van der Waals surface area contributed by atoms with Crippen molar-refractivity contribution in [2.24, 2.45) is 11.8 Å². The Hall–Kier alpha value is -1.98. The highest BCUT2D eigenvalue weighted by Crippen LogP contribution is 2.34. The van der Waals surface area contributed by atoms with Crippen molar-refractivity contribution in [3.63, 3.8) is 0 Å². The number of anilines is 1. The fraction of sp³-hybridized carbons (Fsp3) is 0.444. The molecule has 120 valence electrons. The zero-order chi connectivity index (χ0) is 15.5. The van der Waals surface area contributed by atoms with Gasteiger partial charge >= 0.3 is 0 Å². The van der Waals surface area contributed by atoms with Crippen molar-refractivity contribution in [3.8, 4) is 0 Å². The number of hydrogen-bond donors (Lipinski definition) is 1. The monoisotopic (exact) mass is 310 g/mol. The highest BCUT2D eigenvalue weighted by molar-refractivity contribution is 5.33. The molecule has 4 heterocycles. The maximum Gasteiger partial charge on any atom is 0.125 e. The lowest BCUT2D eigenvalue weighted by Gasteiger charge is -2.20. The van der Waals surface area contributed by atoms with Crippen LogP contribution in [-0.2, 0) is 11.3 Å². The zero-order valence-corrected chi connectivity index (χ0v) is 13.1. The number of hydrogen-bond acceptors (Lipinski definition) is 5. The Morgan fingerprint density at radius 2 is 2.17 bits per heavy atom. The molecule has 0 spiro atoms. The van der Waals surface area contributed by atoms with Crippen LogP contribution in [0.4, 0.5) is 5.82 Å². The van der Waals surface area contributed by atoms with Crippen LogP contribution in [0.15, 0.2) is 48.9 Å². The second-order valence-corrected chi connectivity index (χ2v) is 6.45. The molecular formula is C18H22N4O. The van der Waals surface area contributed by atoms with Crippen LogP contribution >= 0.6 is 0 Å². The van der Waals surface area contributed by atoms with Crippen molar-refractivity contribution in [2.75, 3.05) is 31.6 Å². The minimum absolute atomic E-state index is 0.377. The number of pyridine rings is 2. The van der Waals surface area contributed by atoms with Gasteiger partial charge in [0.25, 0.3) is 0 Å². The lowest BCUT2D eigenvalue weighted by atomic mass is 9.93. The van der Waals surface area contributed by atoms with Crippen molar-refractivity contribution >= 4 is 5.82 Å². The number of ether oxygens (including phenoxy) is 1. The van der Waals surface area contributed by atoms with Gasteiger partial charge in [-0.25, -0.2) is 4.98 Å². The lowest BCUT2D eigenvalue weighted by Crippen LogP contribution is -2.27. The summed E-state index contributed by atoms with van der Waals surface area (Å²) in [7, 11) is 0. The van der Waals surface area contributed by atoms with E-state index in [1.54, 1.807) is 0 Å². The number of nitrogens with one attached hydrogen (secondary N) is 1. The smallest absolute Gasteiger partial charge is 0.125 e. The molecule has 0 bridgehead atoms. The van der Waals surface area contributed by atoms with Crippen LogP contribution in [0.25, 0.3) is 0 Å². The standard InChI is InChI=1S/C18H22N4O/c1-2-7-20-18(5-1)21-9-15-13-23-17-12-22(11-16(15)17)10-14-4-3-6-19-8-14/h1-8,15-17H,9-13H2,(H,20,21)/t15-,16-,17-/m1/s1. The molecule has 1 N–H and O–H groups in total. The third-order valence-corrected chi connectivity index (χ3v) is 4.85. The van der Waals surface area contributed by atoms with E-state index in [2.05, 4.69) is 26.3 Å². The topological polar surface area (TPSA) is 50.3 Å².